The second kappa shape index (κ2) is 16.3. The molecule has 11 aromatic carbocycles. The lowest BCUT2D eigenvalue weighted by atomic mass is 9.90. The van der Waals surface area contributed by atoms with E-state index in [0.717, 1.165) is 83.1 Å². The maximum atomic E-state index is 7.13. The Balaban J connectivity index is 0.908. The summed E-state index contributed by atoms with van der Waals surface area (Å²) in [6.45, 7) is 0. The molecule has 6 nitrogen and oxygen atoms in total. The van der Waals surface area contributed by atoms with E-state index in [9.17, 15) is 0 Å². The largest absolute Gasteiger partial charge is 0.460 e. The average Bonchev–Trinajstić information content (AvgIpc) is 4.15. The molecule has 0 saturated heterocycles. The molecule has 1 aliphatic rings. The Kier molecular flexibility index (Phi) is 9.06. The van der Waals surface area contributed by atoms with Gasteiger partial charge >= 0.3 is 0 Å². The van der Waals surface area contributed by atoms with E-state index in [1.165, 1.54) is 48.7 Å². The van der Waals surface area contributed by atoms with Gasteiger partial charge in [0, 0.05) is 55.0 Å². The molecule has 75 heavy (non-hydrogen) atoms. The summed E-state index contributed by atoms with van der Waals surface area (Å²) in [7, 11) is 0. The fourth-order valence-electron chi connectivity index (χ4n) is 12.2. The maximum absolute atomic E-state index is 7.13. The van der Waals surface area contributed by atoms with Gasteiger partial charge in [-0.2, -0.15) is 0 Å². The summed E-state index contributed by atoms with van der Waals surface area (Å²) < 4.78 is 11.9. The van der Waals surface area contributed by atoms with Gasteiger partial charge in [0.1, 0.15) is 17.2 Å². The monoisotopic (exact) mass is 957 g/mol. The molecule has 0 saturated carbocycles. The van der Waals surface area contributed by atoms with Crippen LogP contribution in [0, 0.1) is 0 Å². The maximum Gasteiger partial charge on any atom is 0.165 e. The van der Waals surface area contributed by atoms with Gasteiger partial charge in [-0.15, -0.1) is 0 Å². The molecule has 350 valence electrons. The van der Waals surface area contributed by atoms with Gasteiger partial charge in [-0.1, -0.05) is 176 Å². The number of para-hydroxylation sites is 3. The van der Waals surface area contributed by atoms with Gasteiger partial charge < -0.3 is 13.6 Å². The van der Waals surface area contributed by atoms with Crippen molar-refractivity contribution < 1.29 is 4.42 Å². The van der Waals surface area contributed by atoms with Crippen LogP contribution in [0.3, 0.4) is 0 Å². The minimum Gasteiger partial charge on any atom is -0.460 e. The van der Waals surface area contributed by atoms with Crippen LogP contribution in [0.2, 0.25) is 0 Å². The van der Waals surface area contributed by atoms with Gasteiger partial charge in [0.15, 0.2) is 11.6 Å². The van der Waals surface area contributed by atoms with Crippen LogP contribution in [0.1, 0.15) is 29.5 Å². The number of furan rings is 1. The third kappa shape index (κ3) is 6.43. The van der Waals surface area contributed by atoms with E-state index < -0.39 is 0 Å². The minimum absolute atomic E-state index is 0.286. The summed E-state index contributed by atoms with van der Waals surface area (Å²) in [6.07, 6.45) is 5.18. The standard InChI is InChI=1S/C69H43N5O/c1-3-16-42(17-4-1)45-21-13-22-48(38-45)67-70-68(55-29-14-27-53-52-26-11-12-31-59(52)74(65(53)55)49-23-5-2-6-24-49)72-69(71-67)56-30-15-28-54-64-57-41-50(35-32-44(57)34-37-62(64)75-66(54)56)73-60-36-33-43-18-9-10-25-51(43)63(60)58-39-46-19-7-8-20-47(46)40-61(58)73/h1-29,31-41,56H,30H2. The summed E-state index contributed by atoms with van der Waals surface area (Å²) in [6, 6.07) is 82.6. The van der Waals surface area contributed by atoms with Gasteiger partial charge in [-0.05, 0) is 117 Å². The number of fused-ring (bicyclic) bond motifs is 14. The lowest BCUT2D eigenvalue weighted by Gasteiger charge is -2.18. The Hall–Kier alpha value is -9.91. The number of nitrogens with zero attached hydrogens (tertiary/aromatic N) is 5. The van der Waals surface area contributed by atoms with Gasteiger partial charge in [-0.25, -0.2) is 15.0 Å². The lowest BCUT2D eigenvalue weighted by molar-refractivity contribution is 0.506. The highest BCUT2D eigenvalue weighted by Gasteiger charge is 2.31. The van der Waals surface area contributed by atoms with E-state index in [1.807, 2.05) is 0 Å². The van der Waals surface area contributed by atoms with Crippen LogP contribution in [0.25, 0.3) is 138 Å². The summed E-state index contributed by atoms with van der Waals surface area (Å²) in [5, 5.41) is 13.1. The van der Waals surface area contributed by atoms with Crippen LogP contribution in [0.15, 0.2) is 241 Å². The molecule has 0 radical (unpaired) electrons. The van der Waals surface area contributed by atoms with Crippen LogP contribution >= 0.6 is 0 Å². The molecular weight excluding hydrogens is 915 g/mol. The SMILES string of the molecule is C1=Cc2c(oc3ccc4ccc(-n5c6cc7ccccc7cc6c6c7ccccc7ccc65)cc4c23)C(c2nc(-c3cccc(-c4ccccc4)c3)nc(-c3cccc4c5ccccc5n(-c5ccccc5)c34)n2)C1. The van der Waals surface area contributed by atoms with Crippen LogP contribution in [-0.2, 0) is 0 Å². The van der Waals surface area contributed by atoms with Gasteiger partial charge in [0.05, 0.1) is 28.0 Å². The van der Waals surface area contributed by atoms with Crippen molar-refractivity contribution >= 4 is 93.0 Å². The van der Waals surface area contributed by atoms with Crippen molar-refractivity contribution in [1.82, 2.24) is 24.1 Å². The molecular formula is C69H43N5O. The first-order valence-corrected chi connectivity index (χ1v) is 25.7. The predicted molar refractivity (Wildman–Crippen MR) is 309 cm³/mol. The molecule has 0 aliphatic heterocycles. The molecule has 0 fully saturated rings. The highest BCUT2D eigenvalue weighted by atomic mass is 16.3. The van der Waals surface area contributed by atoms with Crippen molar-refractivity contribution in [1.29, 1.82) is 0 Å². The zero-order valence-electron chi connectivity index (χ0n) is 40.5. The summed E-state index contributed by atoms with van der Waals surface area (Å²) in [5.74, 6) is 2.46. The number of aromatic nitrogens is 5. The minimum atomic E-state index is -0.286. The molecule has 0 N–H and O–H groups in total. The fraction of sp³-hybridized carbons (Fsp3) is 0.0290. The van der Waals surface area contributed by atoms with Crippen LogP contribution in [-0.4, -0.2) is 24.1 Å². The van der Waals surface area contributed by atoms with Crippen molar-refractivity contribution in [2.24, 2.45) is 0 Å². The Bertz CT molecular complexity index is 4870. The van der Waals surface area contributed by atoms with Gasteiger partial charge in [0.2, 0.25) is 0 Å². The molecule has 0 bridgehead atoms. The number of benzene rings is 11. The Morgan fingerprint density at radius 2 is 1.08 bits per heavy atom. The van der Waals surface area contributed by atoms with Gasteiger partial charge in [-0.3, -0.25) is 0 Å². The number of rotatable bonds is 6. The average molecular weight is 958 g/mol. The number of hydrogen-bond acceptors (Lipinski definition) is 4. The molecule has 1 atom stereocenters. The molecule has 4 heterocycles. The third-order valence-corrected chi connectivity index (χ3v) is 15.6. The molecule has 1 unspecified atom stereocenters. The Labute approximate surface area is 430 Å². The van der Waals surface area contributed by atoms with E-state index in [2.05, 4.69) is 252 Å². The molecule has 15 aromatic rings. The first kappa shape index (κ1) is 41.7. The van der Waals surface area contributed by atoms with Crippen molar-refractivity contribution in [3.8, 4) is 45.3 Å². The lowest BCUT2D eigenvalue weighted by Crippen LogP contribution is -2.11. The quantitative estimate of drug-likeness (QED) is 0.167. The third-order valence-electron chi connectivity index (χ3n) is 15.6. The fourth-order valence-corrected chi connectivity index (χ4v) is 12.2. The summed E-state index contributed by atoms with van der Waals surface area (Å²) in [5.41, 5.74) is 12.7. The van der Waals surface area contributed by atoms with Crippen LogP contribution < -0.4 is 0 Å². The van der Waals surface area contributed by atoms with E-state index in [0.29, 0.717) is 23.9 Å². The number of allylic oxidation sites excluding steroid dienone is 1. The molecule has 1 aliphatic carbocycles. The van der Waals surface area contributed by atoms with E-state index >= 15 is 0 Å². The van der Waals surface area contributed by atoms with Gasteiger partial charge in [0.25, 0.3) is 0 Å². The topological polar surface area (TPSA) is 61.7 Å². The van der Waals surface area contributed by atoms with Crippen LogP contribution in [0.5, 0.6) is 0 Å². The first-order chi connectivity index (χ1) is 37.2. The molecule has 6 heteroatoms. The van der Waals surface area contributed by atoms with Crippen molar-refractivity contribution in [2.75, 3.05) is 0 Å². The molecule has 4 aromatic heterocycles. The molecule has 0 spiro atoms. The Morgan fingerprint density at radius 3 is 1.96 bits per heavy atom. The van der Waals surface area contributed by atoms with Crippen LogP contribution in [0.4, 0.5) is 0 Å². The highest BCUT2D eigenvalue weighted by Crippen LogP contribution is 2.46. The van der Waals surface area contributed by atoms with E-state index in [4.69, 9.17) is 19.4 Å². The second-order valence-corrected chi connectivity index (χ2v) is 19.8. The number of hydrogen-bond donors (Lipinski definition) is 0. The normalized spacial score (nSPS) is 13.6. The predicted octanol–water partition coefficient (Wildman–Crippen LogP) is 17.8. The van der Waals surface area contributed by atoms with E-state index in [1.54, 1.807) is 0 Å². The Morgan fingerprint density at radius 1 is 0.400 bits per heavy atom. The summed E-state index contributed by atoms with van der Waals surface area (Å²) >= 11 is 0. The van der Waals surface area contributed by atoms with Crippen molar-refractivity contribution in [3.05, 3.63) is 254 Å². The first-order valence-electron chi connectivity index (χ1n) is 25.7. The highest BCUT2D eigenvalue weighted by molar-refractivity contribution is 6.23. The van der Waals surface area contributed by atoms with Crippen molar-refractivity contribution in [2.45, 2.75) is 12.3 Å². The van der Waals surface area contributed by atoms with Crippen molar-refractivity contribution in [3.63, 3.8) is 0 Å². The summed E-state index contributed by atoms with van der Waals surface area (Å²) in [4.78, 5) is 16.4. The van der Waals surface area contributed by atoms with E-state index in [-0.39, 0.29) is 5.92 Å². The zero-order chi connectivity index (χ0) is 49.1. The second-order valence-electron chi connectivity index (χ2n) is 19.8. The smallest absolute Gasteiger partial charge is 0.165 e. The molecule has 16 rings (SSSR count). The zero-order valence-corrected chi connectivity index (χ0v) is 40.5. The molecule has 0 amide bonds.